The lowest BCUT2D eigenvalue weighted by Crippen LogP contribution is -2.01. The lowest BCUT2D eigenvalue weighted by atomic mass is 10.1. The molecule has 1 saturated carbocycles. The number of rotatable bonds is 3. The van der Waals surface area contributed by atoms with E-state index in [9.17, 15) is 0 Å². The van der Waals surface area contributed by atoms with Gasteiger partial charge in [-0.1, -0.05) is 6.07 Å². The first-order valence-electron chi connectivity index (χ1n) is 6.52. The Morgan fingerprint density at radius 2 is 2.15 bits per heavy atom. The normalized spacial score (nSPS) is 20.2. The summed E-state index contributed by atoms with van der Waals surface area (Å²) >= 11 is 0. The summed E-state index contributed by atoms with van der Waals surface area (Å²) in [6.07, 6.45) is 2.91. The number of nitrogens with zero attached hydrogens (tertiary/aromatic N) is 2. The number of aromatic nitrogens is 1. The van der Waals surface area contributed by atoms with Crippen LogP contribution in [0.2, 0.25) is 0 Å². The molecule has 4 heteroatoms. The number of pyridine rings is 1. The van der Waals surface area contributed by atoms with Crippen LogP contribution in [0.4, 0.5) is 0 Å². The molecule has 2 N–H and O–H groups in total. The highest BCUT2D eigenvalue weighted by Crippen LogP contribution is 2.39. The third-order valence-corrected chi connectivity index (χ3v) is 3.62. The minimum absolute atomic E-state index is 0.282. The zero-order valence-electron chi connectivity index (χ0n) is 11.2. The second kappa shape index (κ2) is 4.95. The van der Waals surface area contributed by atoms with Gasteiger partial charge < -0.3 is 10.5 Å². The SMILES string of the molecule is COc1cc(C#N)cc(-c2ccc(C3CC3N)cn2)c1. The van der Waals surface area contributed by atoms with Crippen LogP contribution < -0.4 is 10.5 Å². The van der Waals surface area contributed by atoms with Crippen molar-refractivity contribution in [2.45, 2.75) is 18.4 Å². The molecule has 0 radical (unpaired) electrons. The minimum Gasteiger partial charge on any atom is -0.497 e. The van der Waals surface area contributed by atoms with Gasteiger partial charge in [0.1, 0.15) is 5.75 Å². The van der Waals surface area contributed by atoms with Gasteiger partial charge in [-0.25, -0.2) is 0 Å². The number of methoxy groups -OCH3 is 1. The average Bonchev–Trinajstić information content (AvgIpc) is 3.23. The molecule has 1 aromatic carbocycles. The first kappa shape index (κ1) is 12.6. The fourth-order valence-corrected chi connectivity index (χ4v) is 2.32. The summed E-state index contributed by atoms with van der Waals surface area (Å²) in [5.41, 5.74) is 9.31. The third-order valence-electron chi connectivity index (χ3n) is 3.62. The molecule has 0 saturated heterocycles. The van der Waals surface area contributed by atoms with Crippen LogP contribution in [0.1, 0.15) is 23.5 Å². The Morgan fingerprint density at radius 1 is 1.35 bits per heavy atom. The highest BCUT2D eigenvalue weighted by atomic mass is 16.5. The van der Waals surface area contributed by atoms with Gasteiger partial charge in [-0.3, -0.25) is 4.98 Å². The van der Waals surface area contributed by atoms with Crippen molar-refractivity contribution in [3.63, 3.8) is 0 Å². The summed E-state index contributed by atoms with van der Waals surface area (Å²) in [6, 6.07) is 11.8. The van der Waals surface area contributed by atoms with Crippen molar-refractivity contribution in [2.75, 3.05) is 7.11 Å². The van der Waals surface area contributed by atoms with Crippen LogP contribution in [0.5, 0.6) is 5.75 Å². The molecule has 100 valence electrons. The van der Waals surface area contributed by atoms with Crippen molar-refractivity contribution in [1.29, 1.82) is 5.26 Å². The van der Waals surface area contributed by atoms with Gasteiger partial charge >= 0.3 is 0 Å². The second-order valence-corrected chi connectivity index (χ2v) is 5.04. The number of ether oxygens (including phenoxy) is 1. The Bertz CT molecular complexity index is 673. The molecule has 1 aromatic heterocycles. The Kier molecular flexibility index (Phi) is 3.13. The molecule has 2 atom stereocenters. The molecule has 0 aliphatic heterocycles. The van der Waals surface area contributed by atoms with Crippen molar-refractivity contribution in [3.8, 4) is 23.1 Å². The highest BCUT2D eigenvalue weighted by Gasteiger charge is 2.34. The molecular weight excluding hydrogens is 250 g/mol. The standard InChI is InChI=1S/C16H15N3O/c1-20-13-5-10(8-17)4-12(6-13)16-3-2-11(9-19-16)14-7-15(14)18/h2-6,9,14-15H,7,18H2,1H3. The third kappa shape index (κ3) is 2.36. The molecule has 0 spiro atoms. The average molecular weight is 265 g/mol. The molecule has 1 heterocycles. The molecule has 1 aliphatic carbocycles. The molecular formula is C16H15N3O. The molecule has 20 heavy (non-hydrogen) atoms. The molecule has 3 rings (SSSR count). The molecule has 0 bridgehead atoms. The molecule has 0 amide bonds. The number of benzene rings is 1. The fourth-order valence-electron chi connectivity index (χ4n) is 2.32. The summed E-state index contributed by atoms with van der Waals surface area (Å²) < 4.78 is 5.21. The monoisotopic (exact) mass is 265 g/mol. The molecule has 2 unspecified atom stereocenters. The first-order valence-corrected chi connectivity index (χ1v) is 6.52. The van der Waals surface area contributed by atoms with E-state index in [1.54, 1.807) is 13.2 Å². The van der Waals surface area contributed by atoms with Crippen LogP contribution >= 0.6 is 0 Å². The van der Waals surface area contributed by atoms with E-state index in [1.807, 2.05) is 24.4 Å². The Hall–Kier alpha value is -2.38. The maximum absolute atomic E-state index is 9.04. The van der Waals surface area contributed by atoms with Gasteiger partial charge in [0, 0.05) is 23.7 Å². The van der Waals surface area contributed by atoms with Gasteiger partial charge in [0.05, 0.1) is 24.4 Å². The van der Waals surface area contributed by atoms with E-state index in [0.29, 0.717) is 17.2 Å². The second-order valence-electron chi connectivity index (χ2n) is 5.04. The van der Waals surface area contributed by atoms with Gasteiger partial charge in [-0.05, 0) is 36.2 Å². The number of nitrogens with two attached hydrogens (primary N) is 1. The Morgan fingerprint density at radius 3 is 2.70 bits per heavy atom. The van der Waals surface area contributed by atoms with Gasteiger partial charge in [0.15, 0.2) is 0 Å². The topological polar surface area (TPSA) is 71.9 Å². The number of hydrogen-bond donors (Lipinski definition) is 1. The van der Waals surface area contributed by atoms with Gasteiger partial charge in [0.2, 0.25) is 0 Å². The van der Waals surface area contributed by atoms with Crippen molar-refractivity contribution in [3.05, 3.63) is 47.7 Å². The van der Waals surface area contributed by atoms with Crippen molar-refractivity contribution in [1.82, 2.24) is 4.98 Å². The summed E-state index contributed by atoms with van der Waals surface area (Å²) in [5.74, 6) is 1.12. The van der Waals surface area contributed by atoms with Gasteiger partial charge in [0.25, 0.3) is 0 Å². The molecule has 1 fully saturated rings. The lowest BCUT2D eigenvalue weighted by Gasteiger charge is -2.06. The quantitative estimate of drug-likeness (QED) is 0.925. The van der Waals surface area contributed by atoms with Crippen LogP contribution in [0.25, 0.3) is 11.3 Å². The number of hydrogen-bond acceptors (Lipinski definition) is 4. The van der Waals surface area contributed by atoms with Crippen LogP contribution in [-0.2, 0) is 0 Å². The van der Waals surface area contributed by atoms with Crippen LogP contribution in [0.3, 0.4) is 0 Å². The van der Waals surface area contributed by atoms with E-state index in [0.717, 1.165) is 17.7 Å². The highest BCUT2D eigenvalue weighted by molar-refractivity contribution is 5.64. The van der Waals surface area contributed by atoms with E-state index in [2.05, 4.69) is 17.1 Å². The van der Waals surface area contributed by atoms with Crippen molar-refractivity contribution >= 4 is 0 Å². The van der Waals surface area contributed by atoms with Gasteiger partial charge in [-0.15, -0.1) is 0 Å². The molecule has 2 aromatic rings. The summed E-state index contributed by atoms with van der Waals surface area (Å²) in [4.78, 5) is 4.47. The maximum atomic E-state index is 9.04. The van der Waals surface area contributed by atoms with Crippen molar-refractivity contribution in [2.24, 2.45) is 5.73 Å². The van der Waals surface area contributed by atoms with E-state index in [4.69, 9.17) is 15.7 Å². The zero-order chi connectivity index (χ0) is 14.1. The Balaban J connectivity index is 1.94. The fraction of sp³-hybridized carbons (Fsp3) is 0.250. The van der Waals surface area contributed by atoms with Crippen LogP contribution in [0.15, 0.2) is 36.5 Å². The summed E-state index contributed by atoms with van der Waals surface area (Å²) in [5, 5.41) is 9.04. The van der Waals surface area contributed by atoms with Crippen LogP contribution in [-0.4, -0.2) is 18.1 Å². The predicted molar refractivity (Wildman–Crippen MR) is 76.3 cm³/mol. The lowest BCUT2D eigenvalue weighted by molar-refractivity contribution is 0.415. The van der Waals surface area contributed by atoms with E-state index < -0.39 is 0 Å². The largest absolute Gasteiger partial charge is 0.497 e. The van der Waals surface area contributed by atoms with Crippen LogP contribution in [0, 0.1) is 11.3 Å². The number of nitriles is 1. The van der Waals surface area contributed by atoms with Gasteiger partial charge in [-0.2, -0.15) is 5.26 Å². The smallest absolute Gasteiger partial charge is 0.120 e. The van der Waals surface area contributed by atoms with E-state index >= 15 is 0 Å². The molecule has 4 nitrogen and oxygen atoms in total. The van der Waals surface area contributed by atoms with Crippen molar-refractivity contribution < 1.29 is 4.74 Å². The summed E-state index contributed by atoms with van der Waals surface area (Å²) in [6.45, 7) is 0. The molecule has 1 aliphatic rings. The maximum Gasteiger partial charge on any atom is 0.120 e. The zero-order valence-corrected chi connectivity index (χ0v) is 11.2. The van der Waals surface area contributed by atoms with E-state index in [-0.39, 0.29) is 6.04 Å². The summed E-state index contributed by atoms with van der Waals surface area (Å²) in [7, 11) is 1.59. The first-order chi connectivity index (χ1) is 9.71. The van der Waals surface area contributed by atoms with E-state index in [1.165, 1.54) is 5.56 Å². The minimum atomic E-state index is 0.282. The predicted octanol–water partition coefficient (Wildman–Crippen LogP) is 2.44. The Labute approximate surface area is 117 Å².